The topological polar surface area (TPSA) is 54.5 Å². The average molecular weight is 300 g/mol. The Kier molecular flexibility index (Phi) is 6.09. The minimum absolute atomic E-state index is 0.621. The Morgan fingerprint density at radius 1 is 1.19 bits per heavy atom. The van der Waals surface area contributed by atoms with Gasteiger partial charge < -0.3 is 10.6 Å². The van der Waals surface area contributed by atoms with Gasteiger partial charge >= 0.3 is 0 Å². The van der Waals surface area contributed by atoms with Gasteiger partial charge in [-0.1, -0.05) is 48.2 Å². The third kappa shape index (κ3) is 5.11. The van der Waals surface area contributed by atoms with E-state index in [1.54, 1.807) is 0 Å². The molecule has 0 aliphatic carbocycles. The number of aromatic nitrogens is 1. The second-order valence-corrected chi connectivity index (χ2v) is 5.35. The van der Waals surface area contributed by atoms with Gasteiger partial charge in [-0.3, -0.25) is 4.99 Å². The zero-order valence-corrected chi connectivity index (χ0v) is 13.0. The van der Waals surface area contributed by atoms with Gasteiger partial charge in [0, 0.05) is 19.3 Å². The summed E-state index contributed by atoms with van der Waals surface area (Å²) in [6.45, 7) is 2.26. The molecular weight excluding hydrogens is 280 g/mol. The van der Waals surface area contributed by atoms with Crippen LogP contribution in [0.5, 0.6) is 0 Å². The van der Waals surface area contributed by atoms with Crippen molar-refractivity contribution in [2.24, 2.45) is 10.7 Å². The number of anilines is 1. The van der Waals surface area contributed by atoms with Crippen molar-refractivity contribution in [3.05, 3.63) is 60.3 Å². The van der Waals surface area contributed by atoms with E-state index < -0.39 is 0 Å². The fourth-order valence-electron chi connectivity index (χ4n) is 1.96. The Morgan fingerprint density at radius 2 is 1.95 bits per heavy atom. The molecule has 0 aliphatic heterocycles. The molecule has 2 N–H and O–H groups in total. The smallest absolute Gasteiger partial charge is 0.153 e. The van der Waals surface area contributed by atoms with Crippen LogP contribution in [0.3, 0.4) is 0 Å². The molecule has 21 heavy (non-hydrogen) atoms. The first kappa shape index (κ1) is 15.4. The number of rotatable bonds is 6. The van der Waals surface area contributed by atoms with Crippen molar-refractivity contribution in [1.29, 1.82) is 0 Å². The zero-order valence-electron chi connectivity index (χ0n) is 12.1. The second kappa shape index (κ2) is 8.32. The van der Waals surface area contributed by atoms with Crippen LogP contribution < -0.4 is 10.6 Å². The number of pyridine rings is 1. The predicted molar refractivity (Wildman–Crippen MR) is 91.7 cm³/mol. The van der Waals surface area contributed by atoms with Crippen LogP contribution in [0.1, 0.15) is 5.56 Å². The van der Waals surface area contributed by atoms with Crippen LogP contribution in [0.4, 0.5) is 5.82 Å². The largest absolute Gasteiger partial charge is 0.379 e. The van der Waals surface area contributed by atoms with Crippen molar-refractivity contribution in [3.8, 4) is 0 Å². The molecule has 0 aliphatic rings. The van der Waals surface area contributed by atoms with Crippen LogP contribution >= 0.6 is 11.8 Å². The number of hydrogen-bond acceptors (Lipinski definition) is 4. The molecule has 0 radical (unpaired) electrons. The van der Waals surface area contributed by atoms with Crippen molar-refractivity contribution in [1.82, 2.24) is 4.98 Å². The van der Waals surface area contributed by atoms with Crippen LogP contribution in [0.15, 0.2) is 59.7 Å². The molecule has 1 aromatic carbocycles. The van der Waals surface area contributed by atoms with Crippen molar-refractivity contribution in [3.63, 3.8) is 0 Å². The monoisotopic (exact) mass is 300 g/mol. The highest BCUT2D eigenvalue weighted by Crippen LogP contribution is 2.13. The summed E-state index contributed by atoms with van der Waals surface area (Å²) >= 11 is 1.47. The van der Waals surface area contributed by atoms with Crippen molar-refractivity contribution in [2.75, 3.05) is 24.2 Å². The van der Waals surface area contributed by atoms with Crippen molar-refractivity contribution >= 4 is 22.7 Å². The van der Waals surface area contributed by atoms with Gasteiger partial charge in [0.05, 0.1) is 6.54 Å². The van der Waals surface area contributed by atoms with E-state index >= 15 is 0 Å². The molecule has 0 saturated heterocycles. The lowest BCUT2D eigenvalue weighted by Gasteiger charge is -2.23. The number of nitrogens with zero attached hydrogens (tertiary/aromatic N) is 3. The van der Waals surface area contributed by atoms with E-state index in [4.69, 9.17) is 5.73 Å². The van der Waals surface area contributed by atoms with Crippen LogP contribution in [-0.2, 0) is 6.54 Å². The molecular formula is C16H20N4S. The predicted octanol–water partition coefficient (Wildman–Crippen LogP) is 2.77. The third-order valence-electron chi connectivity index (χ3n) is 3.04. The number of benzene rings is 1. The maximum absolute atomic E-state index is 5.73. The van der Waals surface area contributed by atoms with Gasteiger partial charge in [0.1, 0.15) is 5.82 Å². The van der Waals surface area contributed by atoms with Gasteiger partial charge in [-0.05, 0) is 24.0 Å². The molecule has 0 fully saturated rings. The van der Waals surface area contributed by atoms with Crippen molar-refractivity contribution in [2.45, 2.75) is 6.54 Å². The highest BCUT2D eigenvalue weighted by Gasteiger charge is 2.07. The average Bonchev–Trinajstić information content (AvgIpc) is 2.55. The first-order valence-electron chi connectivity index (χ1n) is 6.83. The molecule has 2 aromatic rings. The lowest BCUT2D eigenvalue weighted by molar-refractivity contribution is 0.777. The Labute approximate surface area is 130 Å². The van der Waals surface area contributed by atoms with Gasteiger partial charge in [-0.25, -0.2) is 4.98 Å². The van der Waals surface area contributed by atoms with Crippen LogP contribution in [-0.4, -0.2) is 29.5 Å². The fraction of sp³-hybridized carbons (Fsp3) is 0.250. The summed E-state index contributed by atoms with van der Waals surface area (Å²) in [6.07, 6.45) is 3.74. The summed E-state index contributed by atoms with van der Waals surface area (Å²) in [7, 11) is 0. The summed E-state index contributed by atoms with van der Waals surface area (Å²) in [5, 5.41) is 0.621. The molecule has 0 amide bonds. The Balaban J connectivity index is 2.07. The number of amidine groups is 1. The Bertz CT molecular complexity index is 557. The van der Waals surface area contributed by atoms with E-state index in [0.717, 1.165) is 18.9 Å². The van der Waals surface area contributed by atoms with Crippen molar-refractivity contribution < 1.29 is 0 Å². The lowest BCUT2D eigenvalue weighted by Crippen LogP contribution is -2.27. The molecule has 5 heteroatoms. The lowest BCUT2D eigenvalue weighted by atomic mass is 10.2. The quantitative estimate of drug-likeness (QED) is 0.658. The standard InChI is InChI=1S/C16H20N4S/c1-21-16(17)19-11-12-20(15-9-5-6-10-18-15)13-14-7-3-2-4-8-14/h2-10H,11-13H2,1H3,(H2,17,19). The van der Waals surface area contributed by atoms with E-state index in [9.17, 15) is 0 Å². The highest BCUT2D eigenvalue weighted by molar-refractivity contribution is 8.13. The molecule has 0 saturated carbocycles. The first-order valence-corrected chi connectivity index (χ1v) is 8.06. The number of thioether (sulfide) groups is 1. The van der Waals surface area contributed by atoms with E-state index in [1.165, 1.54) is 17.3 Å². The van der Waals surface area contributed by atoms with E-state index in [-0.39, 0.29) is 0 Å². The molecule has 4 nitrogen and oxygen atoms in total. The normalized spacial score (nSPS) is 11.4. The number of nitrogens with two attached hydrogens (primary N) is 1. The van der Waals surface area contributed by atoms with Gasteiger partial charge in [0.25, 0.3) is 0 Å². The summed E-state index contributed by atoms with van der Waals surface area (Å²) in [5.41, 5.74) is 6.98. The van der Waals surface area contributed by atoms with Gasteiger partial charge in [0.2, 0.25) is 0 Å². The minimum atomic E-state index is 0.621. The molecule has 0 bridgehead atoms. The van der Waals surface area contributed by atoms with E-state index in [1.807, 2.05) is 36.7 Å². The molecule has 0 atom stereocenters. The Hall–Kier alpha value is -2.01. The molecule has 2 rings (SSSR count). The maximum atomic E-state index is 5.73. The fourth-order valence-corrected chi connectivity index (χ4v) is 2.19. The molecule has 1 heterocycles. The number of hydrogen-bond donors (Lipinski definition) is 1. The third-order valence-corrected chi connectivity index (χ3v) is 3.58. The molecule has 1 aromatic heterocycles. The SMILES string of the molecule is CSC(N)=NCCN(Cc1ccccc1)c1ccccn1. The summed E-state index contributed by atoms with van der Waals surface area (Å²) in [5.74, 6) is 0.958. The zero-order chi connectivity index (χ0) is 14.9. The summed E-state index contributed by atoms with van der Waals surface area (Å²) in [6, 6.07) is 16.3. The van der Waals surface area contributed by atoms with Gasteiger partial charge in [-0.2, -0.15) is 0 Å². The van der Waals surface area contributed by atoms with Crippen LogP contribution in [0.25, 0.3) is 0 Å². The first-order chi connectivity index (χ1) is 10.3. The van der Waals surface area contributed by atoms with E-state index in [0.29, 0.717) is 11.7 Å². The minimum Gasteiger partial charge on any atom is -0.379 e. The summed E-state index contributed by atoms with van der Waals surface area (Å²) < 4.78 is 0. The molecule has 0 spiro atoms. The maximum Gasteiger partial charge on any atom is 0.153 e. The molecule has 0 unspecified atom stereocenters. The Morgan fingerprint density at radius 3 is 2.62 bits per heavy atom. The number of aliphatic imine (C=N–C) groups is 1. The molecule has 110 valence electrons. The van der Waals surface area contributed by atoms with Gasteiger partial charge in [-0.15, -0.1) is 0 Å². The second-order valence-electron chi connectivity index (χ2n) is 4.52. The highest BCUT2D eigenvalue weighted by atomic mass is 32.2. The van der Waals surface area contributed by atoms with Crippen LogP contribution in [0, 0.1) is 0 Å². The van der Waals surface area contributed by atoms with Crippen LogP contribution in [0.2, 0.25) is 0 Å². The van der Waals surface area contributed by atoms with Gasteiger partial charge in [0.15, 0.2) is 5.17 Å². The summed E-state index contributed by atoms with van der Waals surface area (Å²) in [4.78, 5) is 11.0. The van der Waals surface area contributed by atoms with E-state index in [2.05, 4.69) is 39.1 Å².